The lowest BCUT2D eigenvalue weighted by Crippen LogP contribution is -2.15. The minimum atomic E-state index is -0.245. The lowest BCUT2D eigenvalue weighted by Gasteiger charge is -2.13. The van der Waals surface area contributed by atoms with Gasteiger partial charge in [0.2, 0.25) is 0 Å². The molecule has 0 aliphatic heterocycles. The van der Waals surface area contributed by atoms with E-state index in [1.165, 1.54) is 5.56 Å². The SMILES string of the molecule is CC(O)C(C)Cc1cccnc1. The number of hydrogen-bond acceptors (Lipinski definition) is 2. The Morgan fingerprint density at radius 1 is 1.50 bits per heavy atom. The highest BCUT2D eigenvalue weighted by molar-refractivity contribution is 5.09. The van der Waals surface area contributed by atoms with E-state index in [4.69, 9.17) is 0 Å². The molecule has 0 saturated carbocycles. The molecule has 0 spiro atoms. The van der Waals surface area contributed by atoms with Crippen LogP contribution in [0.3, 0.4) is 0 Å². The van der Waals surface area contributed by atoms with Crippen LogP contribution >= 0.6 is 0 Å². The van der Waals surface area contributed by atoms with Crippen molar-refractivity contribution in [2.75, 3.05) is 0 Å². The zero-order chi connectivity index (χ0) is 8.97. The molecule has 2 atom stereocenters. The maximum atomic E-state index is 9.26. The molecule has 0 amide bonds. The van der Waals surface area contributed by atoms with Crippen molar-refractivity contribution in [2.45, 2.75) is 26.4 Å². The summed E-state index contributed by atoms with van der Waals surface area (Å²) >= 11 is 0. The molecule has 2 unspecified atom stereocenters. The minimum absolute atomic E-state index is 0.245. The van der Waals surface area contributed by atoms with Crippen LogP contribution in [0, 0.1) is 5.92 Å². The van der Waals surface area contributed by atoms with E-state index in [-0.39, 0.29) is 6.10 Å². The fourth-order valence-electron chi connectivity index (χ4n) is 1.06. The van der Waals surface area contributed by atoms with Crippen molar-refractivity contribution in [3.63, 3.8) is 0 Å². The second-order valence-corrected chi connectivity index (χ2v) is 3.28. The Kier molecular flexibility index (Phi) is 3.23. The van der Waals surface area contributed by atoms with Crippen LogP contribution in [-0.2, 0) is 6.42 Å². The Labute approximate surface area is 73.3 Å². The van der Waals surface area contributed by atoms with Crippen molar-refractivity contribution >= 4 is 0 Å². The van der Waals surface area contributed by atoms with Crippen molar-refractivity contribution in [3.05, 3.63) is 30.1 Å². The van der Waals surface area contributed by atoms with Crippen LogP contribution in [0.5, 0.6) is 0 Å². The largest absolute Gasteiger partial charge is 0.393 e. The fourth-order valence-corrected chi connectivity index (χ4v) is 1.06. The zero-order valence-corrected chi connectivity index (χ0v) is 7.57. The number of pyridine rings is 1. The number of aliphatic hydroxyl groups excluding tert-OH is 1. The van der Waals surface area contributed by atoms with Gasteiger partial charge in [-0.2, -0.15) is 0 Å². The van der Waals surface area contributed by atoms with E-state index in [9.17, 15) is 5.11 Å². The summed E-state index contributed by atoms with van der Waals surface area (Å²) < 4.78 is 0. The summed E-state index contributed by atoms with van der Waals surface area (Å²) in [5.41, 5.74) is 1.19. The molecule has 0 bridgehead atoms. The maximum Gasteiger partial charge on any atom is 0.0540 e. The highest BCUT2D eigenvalue weighted by Gasteiger charge is 2.08. The molecule has 1 aromatic heterocycles. The average molecular weight is 165 g/mol. The third-order valence-electron chi connectivity index (χ3n) is 2.10. The molecule has 1 N–H and O–H groups in total. The average Bonchev–Trinajstić information content (AvgIpc) is 2.06. The number of nitrogens with zero attached hydrogens (tertiary/aromatic N) is 1. The lowest BCUT2D eigenvalue weighted by molar-refractivity contribution is 0.135. The summed E-state index contributed by atoms with van der Waals surface area (Å²) in [5.74, 6) is 0.300. The molecule has 0 aliphatic rings. The lowest BCUT2D eigenvalue weighted by atomic mass is 9.98. The number of aromatic nitrogens is 1. The highest BCUT2D eigenvalue weighted by Crippen LogP contribution is 2.10. The summed E-state index contributed by atoms with van der Waals surface area (Å²) in [7, 11) is 0. The van der Waals surface area contributed by atoms with Crippen LogP contribution in [0.1, 0.15) is 19.4 Å². The predicted molar refractivity (Wildman–Crippen MR) is 48.8 cm³/mol. The van der Waals surface area contributed by atoms with Gasteiger partial charge in [-0.3, -0.25) is 4.98 Å². The molecule has 0 fully saturated rings. The highest BCUT2D eigenvalue weighted by atomic mass is 16.3. The molecule has 0 aliphatic carbocycles. The van der Waals surface area contributed by atoms with Gasteiger partial charge in [0.15, 0.2) is 0 Å². The van der Waals surface area contributed by atoms with Crippen LogP contribution in [0.25, 0.3) is 0 Å². The molecule has 2 nitrogen and oxygen atoms in total. The number of rotatable bonds is 3. The van der Waals surface area contributed by atoms with Gasteiger partial charge in [0.1, 0.15) is 0 Å². The van der Waals surface area contributed by atoms with Gasteiger partial charge >= 0.3 is 0 Å². The molecule has 1 aromatic rings. The van der Waals surface area contributed by atoms with Crippen LogP contribution in [0.15, 0.2) is 24.5 Å². The quantitative estimate of drug-likeness (QED) is 0.738. The first-order valence-electron chi connectivity index (χ1n) is 4.27. The van der Waals surface area contributed by atoms with E-state index in [0.29, 0.717) is 5.92 Å². The minimum Gasteiger partial charge on any atom is -0.393 e. The second-order valence-electron chi connectivity index (χ2n) is 3.28. The van der Waals surface area contributed by atoms with Crippen molar-refractivity contribution in [1.29, 1.82) is 0 Å². The summed E-state index contributed by atoms with van der Waals surface area (Å²) in [6.07, 6.45) is 4.26. The van der Waals surface area contributed by atoms with Gasteiger partial charge in [0.25, 0.3) is 0 Å². The van der Waals surface area contributed by atoms with E-state index >= 15 is 0 Å². The van der Waals surface area contributed by atoms with E-state index < -0.39 is 0 Å². The molecule has 12 heavy (non-hydrogen) atoms. The molecular formula is C10H15NO. The van der Waals surface area contributed by atoms with Crippen LogP contribution in [0.4, 0.5) is 0 Å². The topological polar surface area (TPSA) is 33.1 Å². The molecule has 1 rings (SSSR count). The van der Waals surface area contributed by atoms with Crippen LogP contribution in [0.2, 0.25) is 0 Å². The van der Waals surface area contributed by atoms with Crippen LogP contribution < -0.4 is 0 Å². The standard InChI is InChI=1S/C10H15NO/c1-8(9(2)12)6-10-4-3-5-11-7-10/h3-5,7-9,12H,6H2,1-2H3. The fraction of sp³-hybridized carbons (Fsp3) is 0.500. The van der Waals surface area contributed by atoms with Crippen molar-refractivity contribution < 1.29 is 5.11 Å². The Hall–Kier alpha value is -0.890. The Bertz CT molecular complexity index is 221. The van der Waals surface area contributed by atoms with Gasteiger partial charge < -0.3 is 5.11 Å². The van der Waals surface area contributed by atoms with E-state index in [1.807, 2.05) is 32.2 Å². The maximum absolute atomic E-state index is 9.26. The predicted octanol–water partition coefficient (Wildman–Crippen LogP) is 1.64. The monoisotopic (exact) mass is 165 g/mol. The second kappa shape index (κ2) is 4.21. The van der Waals surface area contributed by atoms with E-state index in [0.717, 1.165) is 6.42 Å². The van der Waals surface area contributed by atoms with Gasteiger partial charge in [-0.25, -0.2) is 0 Å². The number of hydrogen-bond donors (Lipinski definition) is 1. The van der Waals surface area contributed by atoms with Gasteiger partial charge in [0, 0.05) is 12.4 Å². The Morgan fingerprint density at radius 3 is 2.75 bits per heavy atom. The van der Waals surface area contributed by atoms with Crippen molar-refractivity contribution in [2.24, 2.45) is 5.92 Å². The van der Waals surface area contributed by atoms with E-state index in [1.54, 1.807) is 6.20 Å². The molecular weight excluding hydrogens is 150 g/mol. The number of aliphatic hydroxyl groups is 1. The molecule has 2 heteroatoms. The first kappa shape index (κ1) is 9.20. The van der Waals surface area contributed by atoms with Gasteiger partial charge in [-0.1, -0.05) is 13.0 Å². The zero-order valence-electron chi connectivity index (χ0n) is 7.57. The Morgan fingerprint density at radius 2 is 2.25 bits per heavy atom. The molecule has 0 saturated heterocycles. The van der Waals surface area contributed by atoms with Gasteiger partial charge in [-0.05, 0) is 30.9 Å². The first-order chi connectivity index (χ1) is 5.70. The third kappa shape index (κ3) is 2.62. The third-order valence-corrected chi connectivity index (χ3v) is 2.10. The first-order valence-corrected chi connectivity index (χ1v) is 4.27. The molecule has 66 valence electrons. The summed E-state index contributed by atoms with van der Waals surface area (Å²) in [5, 5.41) is 9.26. The summed E-state index contributed by atoms with van der Waals surface area (Å²) in [4.78, 5) is 4.02. The Balaban J connectivity index is 2.53. The van der Waals surface area contributed by atoms with Gasteiger partial charge in [0.05, 0.1) is 6.10 Å². The van der Waals surface area contributed by atoms with E-state index in [2.05, 4.69) is 4.98 Å². The van der Waals surface area contributed by atoms with Crippen LogP contribution in [-0.4, -0.2) is 16.2 Å². The normalized spacial score (nSPS) is 15.6. The molecule has 0 radical (unpaired) electrons. The summed E-state index contributed by atoms with van der Waals surface area (Å²) in [6, 6.07) is 3.95. The van der Waals surface area contributed by atoms with Gasteiger partial charge in [-0.15, -0.1) is 0 Å². The smallest absolute Gasteiger partial charge is 0.0540 e. The molecule has 0 aromatic carbocycles. The van der Waals surface area contributed by atoms with Crippen molar-refractivity contribution in [1.82, 2.24) is 4.98 Å². The molecule has 1 heterocycles. The summed E-state index contributed by atoms with van der Waals surface area (Å²) in [6.45, 7) is 3.86. The van der Waals surface area contributed by atoms with Crippen molar-refractivity contribution in [3.8, 4) is 0 Å².